The zero-order chi connectivity index (χ0) is 13.8. The lowest BCUT2D eigenvalue weighted by molar-refractivity contribution is -0.402. The molecule has 2 aromatic rings. The van der Waals surface area contributed by atoms with Gasteiger partial charge in [0.2, 0.25) is 0 Å². The standard InChI is InChI=1S/C13H13FN2O3/c1-9(10-3-2-4-11(14)7-10)15-8-12-5-6-13(19-12)16(17)18/h2-7,9,15H,8H2,1H3. The van der Waals surface area contributed by atoms with Gasteiger partial charge >= 0.3 is 5.88 Å². The molecule has 0 saturated heterocycles. The number of nitro groups is 1. The maximum atomic E-state index is 13.1. The summed E-state index contributed by atoms with van der Waals surface area (Å²) in [6.45, 7) is 2.22. The Balaban J connectivity index is 1.96. The summed E-state index contributed by atoms with van der Waals surface area (Å²) in [7, 11) is 0. The van der Waals surface area contributed by atoms with Gasteiger partial charge in [0.05, 0.1) is 12.6 Å². The molecule has 0 radical (unpaired) electrons. The lowest BCUT2D eigenvalue weighted by Crippen LogP contribution is -2.17. The van der Waals surface area contributed by atoms with Gasteiger partial charge in [-0.2, -0.15) is 0 Å². The Morgan fingerprint density at radius 3 is 2.84 bits per heavy atom. The Kier molecular flexibility index (Phi) is 3.91. The van der Waals surface area contributed by atoms with Crippen molar-refractivity contribution in [2.24, 2.45) is 0 Å². The summed E-state index contributed by atoms with van der Waals surface area (Å²) in [5.74, 6) is -0.107. The molecule has 0 bridgehead atoms. The van der Waals surface area contributed by atoms with E-state index in [9.17, 15) is 14.5 Å². The normalized spacial score (nSPS) is 12.3. The number of hydrogen-bond acceptors (Lipinski definition) is 4. The summed E-state index contributed by atoms with van der Waals surface area (Å²) in [6, 6.07) is 9.05. The summed E-state index contributed by atoms with van der Waals surface area (Å²) in [5, 5.41) is 13.6. The molecular weight excluding hydrogens is 251 g/mol. The van der Waals surface area contributed by atoms with Gasteiger partial charge < -0.3 is 9.73 Å². The van der Waals surface area contributed by atoms with Gasteiger partial charge in [-0.3, -0.25) is 10.1 Å². The highest BCUT2D eigenvalue weighted by Gasteiger charge is 2.12. The molecule has 1 heterocycles. The highest BCUT2D eigenvalue weighted by Crippen LogP contribution is 2.18. The third-order valence-electron chi connectivity index (χ3n) is 2.76. The van der Waals surface area contributed by atoms with E-state index in [1.165, 1.54) is 18.2 Å². The highest BCUT2D eigenvalue weighted by molar-refractivity contribution is 5.20. The zero-order valence-electron chi connectivity index (χ0n) is 10.3. The van der Waals surface area contributed by atoms with Gasteiger partial charge in [-0.15, -0.1) is 0 Å². The van der Waals surface area contributed by atoms with Gasteiger partial charge in [-0.1, -0.05) is 12.1 Å². The lowest BCUT2D eigenvalue weighted by atomic mass is 10.1. The number of furan rings is 1. The van der Waals surface area contributed by atoms with Crippen molar-refractivity contribution in [3.05, 3.63) is 63.7 Å². The molecule has 0 spiro atoms. The minimum absolute atomic E-state index is 0.0835. The number of benzene rings is 1. The fraction of sp³-hybridized carbons (Fsp3) is 0.231. The Labute approximate surface area is 109 Å². The molecule has 6 heteroatoms. The van der Waals surface area contributed by atoms with Crippen LogP contribution in [-0.4, -0.2) is 4.92 Å². The van der Waals surface area contributed by atoms with Gasteiger partial charge in [0, 0.05) is 6.04 Å². The first kappa shape index (κ1) is 13.2. The van der Waals surface area contributed by atoms with Crippen LogP contribution in [0.1, 0.15) is 24.3 Å². The summed E-state index contributed by atoms with van der Waals surface area (Å²) in [5.41, 5.74) is 0.807. The van der Waals surface area contributed by atoms with Crippen LogP contribution in [0.25, 0.3) is 0 Å². The fourth-order valence-electron chi connectivity index (χ4n) is 1.71. The lowest BCUT2D eigenvalue weighted by Gasteiger charge is -2.13. The summed E-state index contributed by atoms with van der Waals surface area (Å²) in [6.07, 6.45) is 0. The zero-order valence-corrected chi connectivity index (χ0v) is 10.3. The Bertz CT molecular complexity index is 583. The SMILES string of the molecule is CC(NCc1ccc([N+](=O)[O-])o1)c1cccc(F)c1. The first-order valence-corrected chi connectivity index (χ1v) is 5.78. The molecule has 0 aliphatic heterocycles. The van der Waals surface area contributed by atoms with E-state index in [0.717, 1.165) is 5.56 Å². The van der Waals surface area contributed by atoms with Crippen LogP contribution in [0.15, 0.2) is 40.8 Å². The maximum Gasteiger partial charge on any atom is 0.433 e. The third-order valence-corrected chi connectivity index (χ3v) is 2.76. The first-order chi connectivity index (χ1) is 9.06. The molecule has 5 nitrogen and oxygen atoms in total. The number of rotatable bonds is 5. The van der Waals surface area contributed by atoms with Crippen LogP contribution in [0.4, 0.5) is 10.3 Å². The molecule has 0 amide bonds. The minimum atomic E-state index is -0.584. The van der Waals surface area contributed by atoms with E-state index in [4.69, 9.17) is 4.42 Å². The second kappa shape index (κ2) is 5.62. The predicted octanol–water partition coefficient (Wildman–Crippen LogP) is 3.18. The van der Waals surface area contributed by atoms with E-state index in [1.54, 1.807) is 12.1 Å². The smallest absolute Gasteiger partial charge is 0.404 e. The minimum Gasteiger partial charge on any atom is -0.404 e. The van der Waals surface area contributed by atoms with Gasteiger partial charge in [0.15, 0.2) is 0 Å². The van der Waals surface area contributed by atoms with Crippen molar-refractivity contribution in [3.8, 4) is 0 Å². The molecule has 19 heavy (non-hydrogen) atoms. The summed E-state index contributed by atoms with van der Waals surface area (Å²) < 4.78 is 18.1. The van der Waals surface area contributed by atoms with E-state index in [2.05, 4.69) is 5.32 Å². The van der Waals surface area contributed by atoms with Crippen molar-refractivity contribution in [1.29, 1.82) is 0 Å². The summed E-state index contributed by atoms with van der Waals surface area (Å²) >= 11 is 0. The van der Waals surface area contributed by atoms with Crippen molar-refractivity contribution < 1.29 is 13.7 Å². The first-order valence-electron chi connectivity index (χ1n) is 5.78. The van der Waals surface area contributed by atoms with Crippen LogP contribution >= 0.6 is 0 Å². The average Bonchev–Trinajstić information content (AvgIpc) is 2.85. The van der Waals surface area contributed by atoms with Crippen LogP contribution in [0.2, 0.25) is 0 Å². The molecule has 1 unspecified atom stereocenters. The van der Waals surface area contributed by atoms with Crippen molar-refractivity contribution >= 4 is 5.88 Å². The highest BCUT2D eigenvalue weighted by atomic mass is 19.1. The Hall–Kier alpha value is -2.21. The molecule has 0 saturated carbocycles. The van der Waals surface area contributed by atoms with Crippen LogP contribution in [0.3, 0.4) is 0 Å². The molecule has 1 aromatic carbocycles. The quantitative estimate of drug-likeness (QED) is 0.665. The van der Waals surface area contributed by atoms with Crippen LogP contribution in [0.5, 0.6) is 0 Å². The van der Waals surface area contributed by atoms with E-state index in [0.29, 0.717) is 12.3 Å². The van der Waals surface area contributed by atoms with Crippen molar-refractivity contribution in [1.82, 2.24) is 5.32 Å². The number of nitrogens with zero attached hydrogens (tertiary/aromatic N) is 1. The van der Waals surface area contributed by atoms with Crippen molar-refractivity contribution in [2.75, 3.05) is 0 Å². The molecule has 1 N–H and O–H groups in total. The Morgan fingerprint density at radius 2 is 2.21 bits per heavy atom. The number of nitrogens with one attached hydrogen (secondary N) is 1. The van der Waals surface area contributed by atoms with E-state index >= 15 is 0 Å². The summed E-state index contributed by atoms with van der Waals surface area (Å²) in [4.78, 5) is 9.88. The van der Waals surface area contributed by atoms with E-state index in [1.807, 2.05) is 13.0 Å². The molecule has 1 atom stereocenters. The molecular formula is C13H13FN2O3. The number of halogens is 1. The average molecular weight is 264 g/mol. The van der Waals surface area contributed by atoms with E-state index in [-0.39, 0.29) is 17.7 Å². The van der Waals surface area contributed by atoms with Crippen LogP contribution in [-0.2, 0) is 6.54 Å². The molecule has 0 fully saturated rings. The molecule has 0 aliphatic carbocycles. The Morgan fingerprint density at radius 1 is 1.42 bits per heavy atom. The number of hydrogen-bond donors (Lipinski definition) is 1. The van der Waals surface area contributed by atoms with Gasteiger partial charge in [-0.05, 0) is 30.7 Å². The fourth-order valence-corrected chi connectivity index (χ4v) is 1.71. The van der Waals surface area contributed by atoms with Crippen molar-refractivity contribution in [3.63, 3.8) is 0 Å². The monoisotopic (exact) mass is 264 g/mol. The van der Waals surface area contributed by atoms with Gasteiger partial charge in [-0.25, -0.2) is 4.39 Å². The molecule has 100 valence electrons. The van der Waals surface area contributed by atoms with Gasteiger partial charge in [0.1, 0.15) is 16.5 Å². The molecule has 2 rings (SSSR count). The van der Waals surface area contributed by atoms with Crippen LogP contribution in [0, 0.1) is 15.9 Å². The second-order valence-corrected chi connectivity index (χ2v) is 4.15. The molecule has 1 aromatic heterocycles. The van der Waals surface area contributed by atoms with Crippen molar-refractivity contribution in [2.45, 2.75) is 19.5 Å². The maximum absolute atomic E-state index is 13.1. The topological polar surface area (TPSA) is 68.3 Å². The van der Waals surface area contributed by atoms with E-state index < -0.39 is 4.92 Å². The molecule has 0 aliphatic rings. The van der Waals surface area contributed by atoms with Gasteiger partial charge in [0.25, 0.3) is 0 Å². The predicted molar refractivity (Wildman–Crippen MR) is 67.0 cm³/mol. The van der Waals surface area contributed by atoms with Crippen LogP contribution < -0.4 is 5.32 Å². The third kappa shape index (κ3) is 3.38. The largest absolute Gasteiger partial charge is 0.433 e. The second-order valence-electron chi connectivity index (χ2n) is 4.15.